The van der Waals surface area contributed by atoms with E-state index in [0.29, 0.717) is 0 Å². The predicted octanol–water partition coefficient (Wildman–Crippen LogP) is -1.34. The number of aliphatic hydroxyl groups is 2. The van der Waals surface area contributed by atoms with Crippen LogP contribution in [0.5, 0.6) is 0 Å². The molecule has 0 aromatic carbocycles. The van der Waals surface area contributed by atoms with Gasteiger partial charge in [-0.25, -0.2) is 0 Å². The van der Waals surface area contributed by atoms with E-state index in [1.165, 1.54) is 14.0 Å². The molecule has 0 aromatic heterocycles. The van der Waals surface area contributed by atoms with Gasteiger partial charge in [0.15, 0.2) is 12.0 Å². The molecule has 1 rings (SSSR count). The summed E-state index contributed by atoms with van der Waals surface area (Å²) in [6.45, 7) is 1.26. The van der Waals surface area contributed by atoms with Gasteiger partial charge in [-0.1, -0.05) is 0 Å². The zero-order valence-corrected chi connectivity index (χ0v) is 8.37. The summed E-state index contributed by atoms with van der Waals surface area (Å²) in [5.74, 6) is -1.46. The summed E-state index contributed by atoms with van der Waals surface area (Å²) in [6.07, 6.45) is -1.53. The lowest BCUT2D eigenvalue weighted by atomic mass is 10.1. The number of carbonyl (C=O) groups is 1. The molecule has 2 N–H and O–H groups in total. The van der Waals surface area contributed by atoms with Crippen LogP contribution >= 0.6 is 0 Å². The van der Waals surface area contributed by atoms with Crippen molar-refractivity contribution in [3.05, 3.63) is 11.3 Å². The van der Waals surface area contributed by atoms with Crippen molar-refractivity contribution in [3.63, 3.8) is 0 Å². The Morgan fingerprint density at radius 2 is 1.93 bits per heavy atom. The molecule has 0 fully saturated rings. The van der Waals surface area contributed by atoms with Crippen LogP contribution in [0.3, 0.4) is 0 Å². The standard InChI is InChI=1S/C7H9NO5S/c1-3-4(9)6(10)8(2)7(11)5(3)14(12)13/h7,9,11H,1-2H3. The van der Waals surface area contributed by atoms with Crippen LogP contribution in [0.15, 0.2) is 11.3 Å². The first-order chi connectivity index (χ1) is 6.37. The van der Waals surface area contributed by atoms with Crippen molar-refractivity contribution in [1.82, 2.24) is 4.90 Å². The molecule has 0 saturated carbocycles. The van der Waals surface area contributed by atoms with Crippen molar-refractivity contribution in [3.8, 4) is 0 Å². The van der Waals surface area contributed by atoms with Gasteiger partial charge in [0.05, 0.1) is 0 Å². The fraction of sp³-hybridized carbons (Fsp3) is 0.429. The first-order valence-corrected chi connectivity index (χ1v) is 4.77. The molecule has 1 aliphatic rings. The number of amides is 1. The number of carbonyl (C=O) groups excluding carboxylic acids is 1. The molecular weight excluding hydrogens is 210 g/mol. The average molecular weight is 219 g/mol. The molecule has 0 aromatic rings. The van der Waals surface area contributed by atoms with Crippen LogP contribution in [0.4, 0.5) is 0 Å². The van der Waals surface area contributed by atoms with Crippen LogP contribution in [0.2, 0.25) is 0 Å². The topological polar surface area (TPSA) is 94.9 Å². The van der Waals surface area contributed by atoms with Gasteiger partial charge in [0, 0.05) is 12.6 Å². The summed E-state index contributed by atoms with van der Waals surface area (Å²) in [7, 11) is -1.47. The third-order valence-electron chi connectivity index (χ3n) is 2.03. The Kier molecular flexibility index (Phi) is 2.63. The molecule has 78 valence electrons. The van der Waals surface area contributed by atoms with E-state index >= 15 is 0 Å². The van der Waals surface area contributed by atoms with Gasteiger partial charge >= 0.3 is 0 Å². The monoisotopic (exact) mass is 219 g/mol. The van der Waals surface area contributed by atoms with E-state index in [4.69, 9.17) is 0 Å². The van der Waals surface area contributed by atoms with Crippen LogP contribution < -0.4 is 0 Å². The molecule has 7 heteroatoms. The van der Waals surface area contributed by atoms with E-state index in [2.05, 4.69) is 0 Å². The number of likely N-dealkylation sites (N-methyl/N-ethyl adjacent to an activating group) is 1. The first kappa shape index (κ1) is 10.7. The van der Waals surface area contributed by atoms with Gasteiger partial charge in [-0.15, -0.1) is 0 Å². The average Bonchev–Trinajstić information content (AvgIpc) is 2.11. The number of hydrogen-bond donors (Lipinski definition) is 2. The van der Waals surface area contributed by atoms with E-state index < -0.39 is 28.2 Å². The zero-order chi connectivity index (χ0) is 11.0. The highest BCUT2D eigenvalue weighted by atomic mass is 32.2. The number of nitrogens with zero attached hydrogens (tertiary/aromatic N) is 1. The van der Waals surface area contributed by atoms with Gasteiger partial charge in [0.2, 0.25) is 10.3 Å². The Morgan fingerprint density at radius 1 is 1.43 bits per heavy atom. The summed E-state index contributed by atoms with van der Waals surface area (Å²) in [6, 6.07) is 0. The summed E-state index contributed by atoms with van der Waals surface area (Å²) >= 11 is 0. The summed E-state index contributed by atoms with van der Waals surface area (Å²) in [5, 5.41) is 18.6. The molecule has 0 bridgehead atoms. The van der Waals surface area contributed by atoms with E-state index in [1.54, 1.807) is 0 Å². The van der Waals surface area contributed by atoms with Crippen molar-refractivity contribution < 1.29 is 23.4 Å². The quantitative estimate of drug-likeness (QED) is 0.492. The van der Waals surface area contributed by atoms with E-state index in [1.807, 2.05) is 0 Å². The van der Waals surface area contributed by atoms with Crippen LogP contribution in [0, 0.1) is 0 Å². The third kappa shape index (κ3) is 1.40. The fourth-order valence-electron chi connectivity index (χ4n) is 1.14. The molecular formula is C7H9NO5S. The second-order valence-corrected chi connectivity index (χ2v) is 3.77. The number of hydrogen-bond acceptors (Lipinski definition) is 5. The first-order valence-electron chi connectivity index (χ1n) is 3.69. The minimum Gasteiger partial charge on any atom is -0.503 e. The zero-order valence-electron chi connectivity index (χ0n) is 7.55. The molecule has 1 atom stereocenters. The van der Waals surface area contributed by atoms with Crippen molar-refractivity contribution in [2.75, 3.05) is 7.05 Å². The third-order valence-corrected chi connectivity index (χ3v) is 2.90. The Morgan fingerprint density at radius 3 is 2.36 bits per heavy atom. The van der Waals surface area contributed by atoms with Crippen molar-refractivity contribution in [2.24, 2.45) is 0 Å². The molecule has 0 aliphatic carbocycles. The van der Waals surface area contributed by atoms with Gasteiger partial charge < -0.3 is 15.1 Å². The van der Waals surface area contributed by atoms with Gasteiger partial charge in [0.25, 0.3) is 5.91 Å². The number of aliphatic hydroxyl groups excluding tert-OH is 2. The van der Waals surface area contributed by atoms with Crippen LogP contribution in [0.1, 0.15) is 6.92 Å². The van der Waals surface area contributed by atoms with Gasteiger partial charge in [-0.3, -0.25) is 4.79 Å². The minimum absolute atomic E-state index is 0.117. The molecule has 14 heavy (non-hydrogen) atoms. The number of rotatable bonds is 0. The van der Waals surface area contributed by atoms with Crippen LogP contribution in [-0.2, 0) is 15.1 Å². The van der Waals surface area contributed by atoms with Gasteiger partial charge in [0.1, 0.15) is 4.86 Å². The lowest BCUT2D eigenvalue weighted by molar-refractivity contribution is -0.134. The van der Waals surface area contributed by atoms with Crippen molar-refractivity contribution in [1.29, 1.82) is 0 Å². The molecule has 6 nitrogen and oxygen atoms in total. The second kappa shape index (κ2) is 3.43. The molecule has 1 aliphatic heterocycles. The molecule has 1 heterocycles. The van der Waals surface area contributed by atoms with Crippen molar-refractivity contribution in [2.45, 2.75) is 13.2 Å². The van der Waals surface area contributed by atoms with E-state index in [-0.39, 0.29) is 10.4 Å². The maximum absolute atomic E-state index is 11.2. The van der Waals surface area contributed by atoms with Crippen LogP contribution in [0.25, 0.3) is 0 Å². The lowest BCUT2D eigenvalue weighted by Crippen LogP contribution is -2.48. The summed E-state index contributed by atoms with van der Waals surface area (Å²) < 4.78 is 21.4. The van der Waals surface area contributed by atoms with Gasteiger partial charge in [-0.05, 0) is 6.92 Å². The smallest absolute Gasteiger partial charge is 0.291 e. The molecule has 0 radical (unpaired) electrons. The Bertz CT molecular complexity index is 439. The van der Waals surface area contributed by atoms with Crippen LogP contribution in [-0.4, -0.2) is 47.6 Å². The Balaban J connectivity index is 3.52. The normalized spacial score (nSPS) is 23.1. The van der Waals surface area contributed by atoms with E-state index in [0.717, 1.165) is 4.90 Å². The predicted molar refractivity (Wildman–Crippen MR) is 48.0 cm³/mol. The molecule has 0 saturated heterocycles. The molecule has 1 amide bonds. The minimum atomic E-state index is -2.66. The molecule has 0 spiro atoms. The highest BCUT2D eigenvalue weighted by Crippen LogP contribution is 2.17. The van der Waals surface area contributed by atoms with E-state index in [9.17, 15) is 23.4 Å². The summed E-state index contributed by atoms with van der Waals surface area (Å²) in [5.41, 5.74) is -0.117. The highest BCUT2D eigenvalue weighted by Gasteiger charge is 2.34. The van der Waals surface area contributed by atoms with Gasteiger partial charge in [-0.2, -0.15) is 8.42 Å². The van der Waals surface area contributed by atoms with Crippen molar-refractivity contribution >= 4 is 21.1 Å². The largest absolute Gasteiger partial charge is 0.503 e. The fourth-order valence-corrected chi connectivity index (χ4v) is 1.81. The highest BCUT2D eigenvalue weighted by molar-refractivity contribution is 7.73. The second-order valence-electron chi connectivity index (χ2n) is 2.86. The Labute approximate surface area is 81.6 Å². The lowest BCUT2D eigenvalue weighted by Gasteiger charge is -2.28. The molecule has 1 unspecified atom stereocenters. The SMILES string of the molecule is CC1=C(O)C(=O)N(C)C(O)C1=S(=O)=O. The maximum atomic E-state index is 11.2. The summed E-state index contributed by atoms with van der Waals surface area (Å²) in [4.78, 5) is 11.5. The Hall–Kier alpha value is -1.34. The maximum Gasteiger partial charge on any atom is 0.291 e.